The molecule has 1 aliphatic rings. The molecule has 1 aromatic rings. The van der Waals surface area contributed by atoms with E-state index in [1.807, 2.05) is 30.8 Å². The SMILES string of the molecule is Cc1ccc(N2CCN(C(=O)C(C)N(C)C)CC2)cc1. The molecule has 1 unspecified atom stereocenters. The van der Waals surface area contributed by atoms with Crippen molar-refractivity contribution >= 4 is 11.6 Å². The smallest absolute Gasteiger partial charge is 0.239 e. The van der Waals surface area contributed by atoms with E-state index in [1.165, 1.54) is 11.3 Å². The molecule has 0 bridgehead atoms. The molecule has 1 fully saturated rings. The number of benzene rings is 1. The van der Waals surface area contributed by atoms with Crippen LogP contribution < -0.4 is 4.90 Å². The lowest BCUT2D eigenvalue weighted by Gasteiger charge is -2.38. The fourth-order valence-corrected chi connectivity index (χ4v) is 2.43. The normalized spacial score (nSPS) is 17.4. The second-order valence-corrected chi connectivity index (χ2v) is 5.79. The van der Waals surface area contributed by atoms with Gasteiger partial charge in [-0.2, -0.15) is 0 Å². The number of nitrogens with zero attached hydrogens (tertiary/aromatic N) is 3. The molecule has 0 N–H and O–H groups in total. The van der Waals surface area contributed by atoms with Gasteiger partial charge >= 0.3 is 0 Å². The average Bonchev–Trinajstić information content (AvgIpc) is 2.46. The summed E-state index contributed by atoms with van der Waals surface area (Å²) in [6.07, 6.45) is 0. The predicted molar refractivity (Wildman–Crippen MR) is 83.1 cm³/mol. The molecule has 1 aliphatic heterocycles. The summed E-state index contributed by atoms with van der Waals surface area (Å²) < 4.78 is 0. The van der Waals surface area contributed by atoms with E-state index in [4.69, 9.17) is 0 Å². The number of likely N-dealkylation sites (N-methyl/N-ethyl adjacent to an activating group) is 1. The zero-order chi connectivity index (χ0) is 14.7. The third kappa shape index (κ3) is 3.31. The van der Waals surface area contributed by atoms with Crippen molar-refractivity contribution < 1.29 is 4.79 Å². The number of rotatable bonds is 3. The highest BCUT2D eigenvalue weighted by Crippen LogP contribution is 2.17. The summed E-state index contributed by atoms with van der Waals surface area (Å²) in [6.45, 7) is 7.51. The highest BCUT2D eigenvalue weighted by atomic mass is 16.2. The van der Waals surface area contributed by atoms with Gasteiger partial charge in [-0.15, -0.1) is 0 Å². The van der Waals surface area contributed by atoms with Crippen LogP contribution in [0.2, 0.25) is 0 Å². The van der Waals surface area contributed by atoms with Gasteiger partial charge in [0.25, 0.3) is 0 Å². The maximum absolute atomic E-state index is 12.3. The molecular weight excluding hydrogens is 250 g/mol. The molecular formula is C16H25N3O. The molecule has 1 amide bonds. The Morgan fingerprint density at radius 2 is 1.65 bits per heavy atom. The molecule has 0 saturated carbocycles. The van der Waals surface area contributed by atoms with Crippen molar-refractivity contribution in [1.82, 2.24) is 9.80 Å². The van der Waals surface area contributed by atoms with Gasteiger partial charge in [-0.05, 0) is 40.1 Å². The molecule has 4 heteroatoms. The summed E-state index contributed by atoms with van der Waals surface area (Å²) in [5.41, 5.74) is 2.53. The lowest BCUT2D eigenvalue weighted by Crippen LogP contribution is -2.53. The number of aryl methyl sites for hydroxylation is 1. The highest BCUT2D eigenvalue weighted by Gasteiger charge is 2.25. The molecule has 20 heavy (non-hydrogen) atoms. The lowest BCUT2D eigenvalue weighted by atomic mass is 10.2. The minimum absolute atomic E-state index is 0.0408. The first-order valence-electron chi connectivity index (χ1n) is 7.26. The van der Waals surface area contributed by atoms with Crippen LogP contribution in [-0.4, -0.2) is 62.0 Å². The summed E-state index contributed by atoms with van der Waals surface area (Å²) in [5, 5.41) is 0. The molecule has 1 atom stereocenters. The summed E-state index contributed by atoms with van der Waals surface area (Å²) in [5.74, 6) is 0.235. The lowest BCUT2D eigenvalue weighted by molar-refractivity contribution is -0.135. The van der Waals surface area contributed by atoms with E-state index < -0.39 is 0 Å². The topological polar surface area (TPSA) is 26.8 Å². The van der Waals surface area contributed by atoms with E-state index in [1.54, 1.807) is 0 Å². The molecule has 0 radical (unpaired) electrons. The number of hydrogen-bond donors (Lipinski definition) is 0. The zero-order valence-electron chi connectivity index (χ0n) is 13.0. The quantitative estimate of drug-likeness (QED) is 0.838. The van der Waals surface area contributed by atoms with Gasteiger partial charge in [-0.1, -0.05) is 17.7 Å². The van der Waals surface area contributed by atoms with Gasteiger partial charge in [0, 0.05) is 31.9 Å². The van der Waals surface area contributed by atoms with Gasteiger partial charge in [0.05, 0.1) is 6.04 Å². The standard InChI is InChI=1S/C16H25N3O/c1-13-5-7-15(8-6-13)18-9-11-19(12-10-18)16(20)14(2)17(3)4/h5-8,14H,9-12H2,1-4H3. The van der Waals surface area contributed by atoms with E-state index in [0.29, 0.717) is 0 Å². The van der Waals surface area contributed by atoms with Crippen LogP contribution in [0.5, 0.6) is 0 Å². The number of piperazine rings is 1. The van der Waals surface area contributed by atoms with Crippen molar-refractivity contribution in [1.29, 1.82) is 0 Å². The van der Waals surface area contributed by atoms with E-state index in [-0.39, 0.29) is 11.9 Å². The third-order valence-electron chi connectivity index (χ3n) is 4.12. The summed E-state index contributed by atoms with van der Waals surface area (Å²) in [7, 11) is 3.90. The Hall–Kier alpha value is -1.55. The van der Waals surface area contributed by atoms with Crippen LogP contribution in [0.3, 0.4) is 0 Å². The number of anilines is 1. The molecule has 2 rings (SSSR count). The molecule has 1 saturated heterocycles. The maximum atomic E-state index is 12.3. The molecule has 0 aliphatic carbocycles. The molecule has 0 spiro atoms. The minimum Gasteiger partial charge on any atom is -0.368 e. The third-order valence-corrected chi connectivity index (χ3v) is 4.12. The Bertz CT molecular complexity index is 447. The molecule has 4 nitrogen and oxygen atoms in total. The first-order valence-corrected chi connectivity index (χ1v) is 7.26. The van der Waals surface area contributed by atoms with Crippen molar-refractivity contribution in [2.24, 2.45) is 0 Å². The predicted octanol–water partition coefficient (Wildman–Crippen LogP) is 1.59. The van der Waals surface area contributed by atoms with Crippen molar-refractivity contribution in [2.45, 2.75) is 19.9 Å². The van der Waals surface area contributed by atoms with Gasteiger partial charge in [0.15, 0.2) is 0 Å². The number of carbonyl (C=O) groups is 1. The van der Waals surface area contributed by atoms with Crippen molar-refractivity contribution in [2.75, 3.05) is 45.2 Å². The van der Waals surface area contributed by atoms with Crippen LogP contribution in [-0.2, 0) is 4.79 Å². The van der Waals surface area contributed by atoms with Gasteiger partial charge in [-0.3, -0.25) is 9.69 Å². The second kappa shape index (κ2) is 6.27. The fraction of sp³-hybridized carbons (Fsp3) is 0.562. The second-order valence-electron chi connectivity index (χ2n) is 5.79. The highest BCUT2D eigenvalue weighted by molar-refractivity contribution is 5.81. The summed E-state index contributed by atoms with van der Waals surface area (Å²) >= 11 is 0. The Kier molecular flexibility index (Phi) is 4.65. The van der Waals surface area contributed by atoms with Crippen LogP contribution in [0.25, 0.3) is 0 Å². The largest absolute Gasteiger partial charge is 0.368 e. The minimum atomic E-state index is -0.0408. The molecule has 0 aromatic heterocycles. The van der Waals surface area contributed by atoms with Crippen molar-refractivity contribution in [3.63, 3.8) is 0 Å². The number of carbonyl (C=O) groups excluding carboxylic acids is 1. The Morgan fingerprint density at radius 1 is 1.10 bits per heavy atom. The maximum Gasteiger partial charge on any atom is 0.239 e. The van der Waals surface area contributed by atoms with Gasteiger partial charge < -0.3 is 9.80 Å². The van der Waals surface area contributed by atoms with Crippen LogP contribution in [0.4, 0.5) is 5.69 Å². The molecule has 110 valence electrons. The van der Waals surface area contributed by atoms with E-state index in [9.17, 15) is 4.79 Å². The Labute approximate surface area is 122 Å². The van der Waals surface area contributed by atoms with E-state index in [0.717, 1.165) is 26.2 Å². The van der Waals surface area contributed by atoms with Crippen LogP contribution in [0, 0.1) is 6.92 Å². The first kappa shape index (κ1) is 14.9. The Morgan fingerprint density at radius 3 is 2.15 bits per heavy atom. The van der Waals surface area contributed by atoms with Crippen LogP contribution in [0.1, 0.15) is 12.5 Å². The van der Waals surface area contributed by atoms with Gasteiger partial charge in [-0.25, -0.2) is 0 Å². The Balaban J connectivity index is 1.92. The van der Waals surface area contributed by atoms with E-state index >= 15 is 0 Å². The van der Waals surface area contributed by atoms with Crippen LogP contribution >= 0.6 is 0 Å². The van der Waals surface area contributed by atoms with E-state index in [2.05, 4.69) is 36.1 Å². The first-order chi connectivity index (χ1) is 9.49. The summed E-state index contributed by atoms with van der Waals surface area (Å²) in [6, 6.07) is 8.56. The van der Waals surface area contributed by atoms with Crippen molar-refractivity contribution in [3.05, 3.63) is 29.8 Å². The average molecular weight is 275 g/mol. The monoisotopic (exact) mass is 275 g/mol. The summed E-state index contributed by atoms with van der Waals surface area (Å²) in [4.78, 5) is 18.6. The fourth-order valence-electron chi connectivity index (χ4n) is 2.43. The molecule has 1 heterocycles. The van der Waals surface area contributed by atoms with Gasteiger partial charge in [0.1, 0.15) is 0 Å². The number of hydrogen-bond acceptors (Lipinski definition) is 3. The zero-order valence-corrected chi connectivity index (χ0v) is 13.0. The van der Waals surface area contributed by atoms with Crippen molar-refractivity contribution in [3.8, 4) is 0 Å². The number of amides is 1. The van der Waals surface area contributed by atoms with Gasteiger partial charge in [0.2, 0.25) is 5.91 Å². The molecule has 1 aromatic carbocycles. The van der Waals surface area contributed by atoms with Crippen LogP contribution in [0.15, 0.2) is 24.3 Å².